The minimum Gasteiger partial charge on any atom is -0.384 e. The smallest absolute Gasteiger partial charge is 0.130 e. The van der Waals surface area contributed by atoms with Crippen LogP contribution in [-0.4, -0.2) is 5.11 Å². The maximum absolute atomic E-state index is 14.1. The minimum absolute atomic E-state index is 0.288. The van der Waals surface area contributed by atoms with Gasteiger partial charge in [0.05, 0.1) is 0 Å². The van der Waals surface area contributed by atoms with Crippen LogP contribution in [-0.2, 0) is 0 Å². The largest absolute Gasteiger partial charge is 0.384 e. The second-order valence-electron chi connectivity index (χ2n) is 4.97. The molecule has 2 rings (SSSR count). The van der Waals surface area contributed by atoms with Crippen LogP contribution in [0.4, 0.5) is 4.39 Å². The summed E-state index contributed by atoms with van der Waals surface area (Å²) in [6, 6.07) is 9.03. The van der Waals surface area contributed by atoms with E-state index in [4.69, 9.17) is 0 Å². The molecule has 0 heterocycles. The Labute approximate surface area is 121 Å². The summed E-state index contributed by atoms with van der Waals surface area (Å²) in [5.41, 5.74) is 3.92. The van der Waals surface area contributed by atoms with Crippen LogP contribution in [0.1, 0.15) is 33.9 Å². The molecular weight excluding hydrogens is 307 g/mol. The van der Waals surface area contributed by atoms with Gasteiger partial charge in [-0.15, -0.1) is 0 Å². The highest BCUT2D eigenvalue weighted by Crippen LogP contribution is 2.32. The highest BCUT2D eigenvalue weighted by atomic mass is 79.9. The second-order valence-corrected chi connectivity index (χ2v) is 5.82. The monoisotopic (exact) mass is 322 g/mol. The summed E-state index contributed by atoms with van der Waals surface area (Å²) in [6.45, 7) is 5.74. The van der Waals surface area contributed by atoms with Gasteiger partial charge in [-0.25, -0.2) is 4.39 Å². The summed E-state index contributed by atoms with van der Waals surface area (Å²) in [6.07, 6.45) is -0.964. The average Bonchev–Trinajstić information content (AvgIpc) is 2.25. The summed E-state index contributed by atoms with van der Waals surface area (Å²) in [5.74, 6) is -0.390. The van der Waals surface area contributed by atoms with Gasteiger partial charge < -0.3 is 5.11 Å². The molecule has 0 radical (unpaired) electrons. The number of halogens is 2. The van der Waals surface area contributed by atoms with Gasteiger partial charge in [0.2, 0.25) is 0 Å². The van der Waals surface area contributed by atoms with E-state index in [1.165, 1.54) is 6.07 Å². The van der Waals surface area contributed by atoms with Gasteiger partial charge in [-0.2, -0.15) is 0 Å². The van der Waals surface area contributed by atoms with Crippen LogP contribution >= 0.6 is 15.9 Å². The molecule has 19 heavy (non-hydrogen) atoms. The maximum atomic E-state index is 14.1. The fourth-order valence-corrected chi connectivity index (χ4v) is 3.07. The normalized spacial score (nSPS) is 12.5. The quantitative estimate of drug-likeness (QED) is 0.857. The summed E-state index contributed by atoms with van der Waals surface area (Å²) < 4.78 is 14.7. The number of aliphatic hydroxyl groups excluding tert-OH is 1. The molecule has 0 aliphatic carbocycles. The average molecular weight is 323 g/mol. The Balaban J connectivity index is 2.52. The maximum Gasteiger partial charge on any atom is 0.130 e. The fraction of sp³-hybridized carbons (Fsp3) is 0.250. The summed E-state index contributed by atoms with van der Waals surface area (Å²) >= 11 is 3.33. The first kappa shape index (κ1) is 14.2. The number of aryl methyl sites for hydroxylation is 3. The summed E-state index contributed by atoms with van der Waals surface area (Å²) in [5, 5.41) is 10.4. The Morgan fingerprint density at radius 2 is 1.47 bits per heavy atom. The van der Waals surface area contributed by atoms with E-state index in [0.717, 1.165) is 16.7 Å². The third kappa shape index (κ3) is 3.04. The van der Waals surface area contributed by atoms with Crippen molar-refractivity contribution in [3.63, 3.8) is 0 Å². The van der Waals surface area contributed by atoms with Crippen LogP contribution in [0.15, 0.2) is 34.8 Å². The van der Waals surface area contributed by atoms with Crippen LogP contribution < -0.4 is 0 Å². The van der Waals surface area contributed by atoms with Crippen molar-refractivity contribution in [3.05, 3.63) is 68.4 Å². The zero-order chi connectivity index (χ0) is 14.2. The zero-order valence-corrected chi connectivity index (χ0v) is 12.8. The molecular formula is C16H16BrFO. The standard InChI is InChI=1S/C16H16BrFO/c1-9-4-10(2)6-12(5-9)16(19)15-13(17)7-11(3)8-14(15)18/h4-8,16,19H,1-3H3. The van der Waals surface area contributed by atoms with E-state index in [9.17, 15) is 9.50 Å². The molecule has 0 saturated heterocycles. The number of hydrogen-bond donors (Lipinski definition) is 1. The van der Waals surface area contributed by atoms with Gasteiger partial charge in [0, 0.05) is 10.0 Å². The van der Waals surface area contributed by atoms with E-state index in [2.05, 4.69) is 15.9 Å². The molecule has 0 aromatic heterocycles. The topological polar surface area (TPSA) is 20.2 Å². The van der Waals surface area contributed by atoms with Gasteiger partial charge in [-0.3, -0.25) is 0 Å². The molecule has 1 nitrogen and oxygen atoms in total. The van der Waals surface area contributed by atoms with Crippen molar-refractivity contribution in [1.82, 2.24) is 0 Å². The highest BCUT2D eigenvalue weighted by molar-refractivity contribution is 9.10. The number of aliphatic hydroxyl groups is 1. The van der Waals surface area contributed by atoms with Crippen molar-refractivity contribution in [2.24, 2.45) is 0 Å². The van der Waals surface area contributed by atoms with Crippen molar-refractivity contribution in [2.45, 2.75) is 26.9 Å². The third-order valence-corrected chi connectivity index (χ3v) is 3.71. The predicted octanol–water partition coefficient (Wildman–Crippen LogP) is 4.60. The van der Waals surface area contributed by atoms with Gasteiger partial charge in [-0.05, 0) is 44.0 Å². The summed E-state index contributed by atoms with van der Waals surface area (Å²) in [4.78, 5) is 0. The van der Waals surface area contributed by atoms with Crippen LogP contribution in [0.2, 0.25) is 0 Å². The van der Waals surface area contributed by atoms with Crippen molar-refractivity contribution >= 4 is 15.9 Å². The molecule has 1 N–H and O–H groups in total. The zero-order valence-electron chi connectivity index (χ0n) is 11.2. The van der Waals surface area contributed by atoms with Crippen molar-refractivity contribution in [2.75, 3.05) is 0 Å². The van der Waals surface area contributed by atoms with Crippen molar-refractivity contribution in [1.29, 1.82) is 0 Å². The van der Waals surface area contributed by atoms with Crippen LogP contribution in [0.5, 0.6) is 0 Å². The molecule has 2 aromatic carbocycles. The van der Waals surface area contributed by atoms with Crippen LogP contribution in [0.3, 0.4) is 0 Å². The van der Waals surface area contributed by atoms with Gasteiger partial charge in [0.15, 0.2) is 0 Å². The van der Waals surface area contributed by atoms with Gasteiger partial charge in [0.25, 0.3) is 0 Å². The van der Waals surface area contributed by atoms with Crippen LogP contribution in [0.25, 0.3) is 0 Å². The lowest BCUT2D eigenvalue weighted by Crippen LogP contribution is -2.05. The molecule has 0 aliphatic heterocycles. The Bertz CT molecular complexity index is 579. The lowest BCUT2D eigenvalue weighted by Gasteiger charge is -2.16. The number of hydrogen-bond acceptors (Lipinski definition) is 1. The van der Waals surface area contributed by atoms with E-state index in [-0.39, 0.29) is 5.56 Å². The molecule has 1 unspecified atom stereocenters. The van der Waals surface area contributed by atoms with Gasteiger partial charge in [0.1, 0.15) is 11.9 Å². The first-order valence-corrected chi connectivity index (χ1v) is 6.89. The molecule has 3 heteroatoms. The molecule has 0 aliphatic rings. The first-order valence-electron chi connectivity index (χ1n) is 6.10. The number of rotatable bonds is 2. The SMILES string of the molecule is Cc1cc(C)cc(C(O)c2c(F)cc(C)cc2Br)c1. The lowest BCUT2D eigenvalue weighted by atomic mass is 9.97. The van der Waals surface area contributed by atoms with Crippen LogP contribution in [0, 0.1) is 26.6 Å². The lowest BCUT2D eigenvalue weighted by molar-refractivity contribution is 0.214. The minimum atomic E-state index is -0.964. The van der Waals surface area contributed by atoms with E-state index < -0.39 is 11.9 Å². The molecule has 0 bridgehead atoms. The van der Waals surface area contributed by atoms with E-state index in [1.54, 1.807) is 0 Å². The second kappa shape index (κ2) is 5.43. The molecule has 0 fully saturated rings. The van der Waals surface area contributed by atoms with Crippen molar-refractivity contribution in [3.8, 4) is 0 Å². The number of benzene rings is 2. The van der Waals surface area contributed by atoms with Gasteiger partial charge in [-0.1, -0.05) is 45.3 Å². The molecule has 2 aromatic rings. The molecule has 1 atom stereocenters. The first-order chi connectivity index (χ1) is 8.88. The van der Waals surface area contributed by atoms with E-state index in [1.807, 2.05) is 45.0 Å². The highest BCUT2D eigenvalue weighted by Gasteiger charge is 2.19. The Hall–Kier alpha value is -1.19. The molecule has 0 spiro atoms. The summed E-state index contributed by atoms with van der Waals surface area (Å²) in [7, 11) is 0. The van der Waals surface area contributed by atoms with Gasteiger partial charge >= 0.3 is 0 Å². The Kier molecular flexibility index (Phi) is 4.07. The Morgan fingerprint density at radius 1 is 0.947 bits per heavy atom. The molecule has 100 valence electrons. The fourth-order valence-electron chi connectivity index (χ4n) is 2.31. The predicted molar refractivity (Wildman–Crippen MR) is 78.8 cm³/mol. The van der Waals surface area contributed by atoms with Crippen molar-refractivity contribution < 1.29 is 9.50 Å². The van der Waals surface area contributed by atoms with E-state index >= 15 is 0 Å². The third-order valence-electron chi connectivity index (χ3n) is 3.06. The molecule has 0 amide bonds. The Morgan fingerprint density at radius 3 is 2.00 bits per heavy atom. The van der Waals surface area contributed by atoms with E-state index in [0.29, 0.717) is 10.0 Å². The molecule has 0 saturated carbocycles.